The number of nitrogens with zero attached hydrogens (tertiary/aromatic N) is 1. The summed E-state index contributed by atoms with van der Waals surface area (Å²) in [5.41, 5.74) is 4.86. The molecule has 144 valence electrons. The van der Waals surface area contributed by atoms with Crippen LogP contribution in [0.15, 0.2) is 30.3 Å². The fraction of sp³-hybridized carbons (Fsp3) is 0.455. The number of rotatable bonds is 5. The molecule has 5 heteroatoms. The monoisotopic (exact) mass is 368 g/mol. The molecule has 1 N–H and O–H groups in total. The van der Waals surface area contributed by atoms with Gasteiger partial charge in [-0.2, -0.15) is 0 Å². The molecule has 0 saturated carbocycles. The summed E-state index contributed by atoms with van der Waals surface area (Å²) in [5.74, 6) is -0.705. The van der Waals surface area contributed by atoms with Crippen LogP contribution >= 0.6 is 0 Å². The Morgan fingerprint density at radius 2 is 2.04 bits per heavy atom. The molecule has 0 radical (unpaired) electrons. The number of carbonyl (C=O) groups excluding carboxylic acids is 2. The Bertz CT molecular complexity index is 853. The van der Waals surface area contributed by atoms with Crippen LogP contribution in [0.3, 0.4) is 0 Å². The summed E-state index contributed by atoms with van der Waals surface area (Å²) in [7, 11) is 0. The van der Waals surface area contributed by atoms with E-state index in [4.69, 9.17) is 4.74 Å². The molecule has 1 aliphatic carbocycles. The molecule has 1 aliphatic rings. The first-order chi connectivity index (χ1) is 12.9. The maximum Gasteiger partial charge on any atom is 0.340 e. The molecule has 0 saturated heterocycles. The third-order valence-corrected chi connectivity index (χ3v) is 5.45. The van der Waals surface area contributed by atoms with E-state index >= 15 is 0 Å². The molecule has 3 rings (SSSR count). The lowest BCUT2D eigenvalue weighted by Gasteiger charge is -2.27. The molecule has 1 aromatic carbocycles. The minimum absolute atomic E-state index is 0.0197. The van der Waals surface area contributed by atoms with Gasteiger partial charge in [0.1, 0.15) is 0 Å². The average molecular weight is 368 g/mol. The summed E-state index contributed by atoms with van der Waals surface area (Å²) in [4.78, 5) is 25.1. The van der Waals surface area contributed by atoms with E-state index in [-0.39, 0.29) is 11.9 Å². The van der Waals surface area contributed by atoms with Gasteiger partial charge in [-0.25, -0.2) is 4.79 Å². The first-order valence-electron chi connectivity index (χ1n) is 9.68. The van der Waals surface area contributed by atoms with Crippen LogP contribution in [0, 0.1) is 13.8 Å². The number of aryl methyl sites for hydroxylation is 2. The predicted octanol–water partition coefficient (Wildman–Crippen LogP) is 3.86. The van der Waals surface area contributed by atoms with Gasteiger partial charge in [-0.05, 0) is 64.2 Å². The first-order valence-corrected chi connectivity index (χ1v) is 9.68. The highest BCUT2D eigenvalue weighted by molar-refractivity contribution is 5.93. The number of nitrogens with one attached hydrogen (secondary N) is 1. The van der Waals surface area contributed by atoms with Crippen LogP contribution in [0.25, 0.3) is 0 Å². The highest BCUT2D eigenvalue weighted by Crippen LogP contribution is 2.29. The Labute approximate surface area is 160 Å². The van der Waals surface area contributed by atoms with Crippen molar-refractivity contribution in [3.8, 4) is 0 Å². The molecular formula is C22H28N2O3. The molecule has 1 aromatic heterocycles. The molecule has 1 amide bonds. The van der Waals surface area contributed by atoms with Crippen LogP contribution < -0.4 is 5.32 Å². The van der Waals surface area contributed by atoms with Gasteiger partial charge in [0.05, 0.1) is 11.6 Å². The maximum absolute atomic E-state index is 12.6. The van der Waals surface area contributed by atoms with Gasteiger partial charge in [0.2, 0.25) is 0 Å². The highest BCUT2D eigenvalue weighted by Gasteiger charge is 2.26. The van der Waals surface area contributed by atoms with Crippen molar-refractivity contribution in [3.05, 3.63) is 58.4 Å². The zero-order chi connectivity index (χ0) is 19.6. The fourth-order valence-corrected chi connectivity index (χ4v) is 3.96. The van der Waals surface area contributed by atoms with Crippen molar-refractivity contribution in [2.75, 3.05) is 0 Å². The Balaban J connectivity index is 1.66. The van der Waals surface area contributed by atoms with Crippen LogP contribution in [-0.4, -0.2) is 22.5 Å². The van der Waals surface area contributed by atoms with E-state index in [2.05, 4.69) is 22.0 Å². The van der Waals surface area contributed by atoms with Crippen LogP contribution in [0.2, 0.25) is 0 Å². The summed E-state index contributed by atoms with van der Waals surface area (Å²) in [6, 6.07) is 10.0. The molecule has 27 heavy (non-hydrogen) atoms. The molecule has 0 bridgehead atoms. The number of hydrogen-bond donors (Lipinski definition) is 1. The van der Waals surface area contributed by atoms with Gasteiger partial charge in [-0.3, -0.25) is 4.79 Å². The molecule has 2 aromatic rings. The topological polar surface area (TPSA) is 60.3 Å². The Morgan fingerprint density at radius 1 is 1.30 bits per heavy atom. The summed E-state index contributed by atoms with van der Waals surface area (Å²) in [6.45, 7) is 8.32. The lowest BCUT2D eigenvalue weighted by atomic mass is 9.87. The molecule has 1 heterocycles. The third-order valence-electron chi connectivity index (χ3n) is 5.45. The predicted molar refractivity (Wildman–Crippen MR) is 105 cm³/mol. The van der Waals surface area contributed by atoms with E-state index in [1.54, 1.807) is 6.92 Å². The minimum atomic E-state index is -0.837. The zero-order valence-corrected chi connectivity index (χ0v) is 16.5. The number of carbonyl (C=O) groups is 2. The van der Waals surface area contributed by atoms with Crippen molar-refractivity contribution in [3.63, 3.8) is 0 Å². The normalized spacial score (nSPS) is 17.1. The Hall–Kier alpha value is -2.56. The minimum Gasteiger partial charge on any atom is -0.449 e. The van der Waals surface area contributed by atoms with Crippen molar-refractivity contribution < 1.29 is 14.3 Å². The van der Waals surface area contributed by atoms with Crippen LogP contribution in [-0.2, 0) is 22.5 Å². The second-order valence-corrected chi connectivity index (χ2v) is 7.23. The van der Waals surface area contributed by atoms with Crippen LogP contribution in [0.4, 0.5) is 0 Å². The van der Waals surface area contributed by atoms with E-state index in [1.807, 2.05) is 39.0 Å². The number of fused-ring (bicyclic) bond motifs is 1. The number of ether oxygens (including phenoxy) is 1. The van der Waals surface area contributed by atoms with E-state index in [1.165, 1.54) is 11.1 Å². The van der Waals surface area contributed by atoms with E-state index in [0.29, 0.717) is 5.56 Å². The second-order valence-electron chi connectivity index (χ2n) is 7.23. The van der Waals surface area contributed by atoms with Crippen molar-refractivity contribution in [1.29, 1.82) is 0 Å². The smallest absolute Gasteiger partial charge is 0.340 e. The molecule has 0 spiro atoms. The molecule has 5 nitrogen and oxygen atoms in total. The van der Waals surface area contributed by atoms with Gasteiger partial charge in [0, 0.05) is 17.9 Å². The van der Waals surface area contributed by atoms with E-state index < -0.39 is 12.1 Å². The number of hydrogen-bond acceptors (Lipinski definition) is 3. The van der Waals surface area contributed by atoms with Crippen LogP contribution in [0.1, 0.15) is 65.6 Å². The SMILES string of the molecule is CCn1c(C)cc(C(=O)O[C@@H](C)C(=O)N[C@H]2CCCc3ccccc32)c1C. The van der Waals surface area contributed by atoms with E-state index in [0.717, 1.165) is 37.2 Å². The van der Waals surface area contributed by atoms with E-state index in [9.17, 15) is 9.59 Å². The summed E-state index contributed by atoms with van der Waals surface area (Å²) in [5, 5.41) is 3.05. The van der Waals surface area contributed by atoms with Gasteiger partial charge in [0.25, 0.3) is 5.91 Å². The zero-order valence-electron chi connectivity index (χ0n) is 16.5. The number of amides is 1. The maximum atomic E-state index is 12.6. The summed E-state index contributed by atoms with van der Waals surface area (Å²) >= 11 is 0. The lowest BCUT2D eigenvalue weighted by Crippen LogP contribution is -2.39. The number of esters is 1. The Morgan fingerprint density at radius 3 is 2.74 bits per heavy atom. The van der Waals surface area contributed by atoms with Gasteiger partial charge < -0.3 is 14.6 Å². The highest BCUT2D eigenvalue weighted by atomic mass is 16.5. The largest absolute Gasteiger partial charge is 0.449 e. The molecule has 0 unspecified atom stereocenters. The van der Waals surface area contributed by atoms with Gasteiger partial charge in [-0.15, -0.1) is 0 Å². The van der Waals surface area contributed by atoms with Crippen molar-refractivity contribution in [2.24, 2.45) is 0 Å². The second kappa shape index (κ2) is 7.99. The first kappa shape index (κ1) is 19.2. The molecular weight excluding hydrogens is 340 g/mol. The molecule has 0 aliphatic heterocycles. The third kappa shape index (κ3) is 3.92. The van der Waals surface area contributed by atoms with Gasteiger partial charge in [-0.1, -0.05) is 24.3 Å². The lowest BCUT2D eigenvalue weighted by molar-refractivity contribution is -0.130. The number of aromatic nitrogens is 1. The standard InChI is InChI=1S/C22H28N2O3/c1-5-24-14(2)13-19(15(24)3)22(26)27-16(4)21(25)23-20-12-8-10-17-9-6-7-11-18(17)20/h6-7,9,11,13,16,20H,5,8,10,12H2,1-4H3,(H,23,25)/t16-,20-/m0/s1. The quantitative estimate of drug-likeness (QED) is 0.815. The molecule has 0 fully saturated rings. The molecule has 2 atom stereocenters. The number of benzene rings is 1. The van der Waals surface area contributed by atoms with Gasteiger partial charge >= 0.3 is 5.97 Å². The van der Waals surface area contributed by atoms with Crippen molar-refractivity contribution in [1.82, 2.24) is 9.88 Å². The van der Waals surface area contributed by atoms with Gasteiger partial charge in [0.15, 0.2) is 6.10 Å². The summed E-state index contributed by atoms with van der Waals surface area (Å²) < 4.78 is 7.51. The summed E-state index contributed by atoms with van der Waals surface area (Å²) in [6.07, 6.45) is 2.15. The fourth-order valence-electron chi connectivity index (χ4n) is 3.96. The van der Waals surface area contributed by atoms with Crippen LogP contribution in [0.5, 0.6) is 0 Å². The van der Waals surface area contributed by atoms with Crippen molar-refractivity contribution in [2.45, 2.75) is 65.6 Å². The Kier molecular flexibility index (Phi) is 5.68. The average Bonchev–Trinajstić information content (AvgIpc) is 2.95. The van der Waals surface area contributed by atoms with Crippen molar-refractivity contribution >= 4 is 11.9 Å².